The van der Waals surface area contributed by atoms with Gasteiger partial charge in [0.05, 0.1) is 6.10 Å². The molecule has 0 saturated heterocycles. The molecule has 1 aromatic carbocycles. The zero-order chi connectivity index (χ0) is 15.0. The van der Waals surface area contributed by atoms with Gasteiger partial charge in [-0.3, -0.25) is 0 Å². The lowest BCUT2D eigenvalue weighted by atomic mass is 9.72. The number of aliphatic hydroxyl groups excluding tert-OH is 1. The quantitative estimate of drug-likeness (QED) is 0.888. The highest BCUT2D eigenvalue weighted by atomic mass is 16.5. The van der Waals surface area contributed by atoms with Crippen LogP contribution in [0.15, 0.2) is 24.3 Å². The average molecular weight is 276 g/mol. The van der Waals surface area contributed by atoms with Crippen molar-refractivity contribution in [1.82, 2.24) is 0 Å². The van der Waals surface area contributed by atoms with Gasteiger partial charge in [-0.2, -0.15) is 0 Å². The van der Waals surface area contributed by atoms with Crippen LogP contribution in [-0.2, 0) is 5.41 Å². The summed E-state index contributed by atoms with van der Waals surface area (Å²) in [5.74, 6) is 0.914. The molecule has 2 rings (SSSR count). The van der Waals surface area contributed by atoms with Crippen LogP contribution in [0.25, 0.3) is 0 Å². The van der Waals surface area contributed by atoms with E-state index < -0.39 is 0 Å². The number of aliphatic hydroxyl groups is 1. The Morgan fingerprint density at radius 2 is 1.60 bits per heavy atom. The molecule has 0 bridgehead atoms. The molecule has 0 spiro atoms. The summed E-state index contributed by atoms with van der Waals surface area (Å²) in [5, 5.41) is 9.28. The molecule has 2 heteroatoms. The molecule has 0 radical (unpaired) electrons. The Morgan fingerprint density at radius 3 is 2.05 bits per heavy atom. The largest absolute Gasteiger partial charge is 0.490 e. The van der Waals surface area contributed by atoms with E-state index >= 15 is 0 Å². The summed E-state index contributed by atoms with van der Waals surface area (Å²) in [5.41, 5.74) is 1.85. The lowest BCUT2D eigenvalue weighted by molar-refractivity contribution is -0.0107. The Kier molecular flexibility index (Phi) is 4.15. The van der Waals surface area contributed by atoms with Gasteiger partial charge < -0.3 is 9.84 Å². The first-order valence-corrected chi connectivity index (χ1v) is 7.61. The molecule has 1 aliphatic rings. The van der Waals surface area contributed by atoms with Crippen molar-refractivity contribution >= 4 is 0 Å². The molecule has 1 N–H and O–H groups in total. The van der Waals surface area contributed by atoms with Crippen LogP contribution in [-0.4, -0.2) is 17.3 Å². The zero-order valence-electron chi connectivity index (χ0n) is 13.4. The minimum atomic E-state index is -0.162. The lowest BCUT2D eigenvalue weighted by Gasteiger charge is -2.34. The first kappa shape index (κ1) is 15.4. The Balaban J connectivity index is 2.00. The van der Waals surface area contributed by atoms with Crippen LogP contribution in [0, 0.1) is 5.41 Å². The molecule has 1 saturated carbocycles. The van der Waals surface area contributed by atoms with Gasteiger partial charge in [-0.05, 0) is 34.9 Å². The minimum absolute atomic E-state index is 0.162. The number of hydrogen-bond acceptors (Lipinski definition) is 2. The van der Waals surface area contributed by atoms with Gasteiger partial charge in [0, 0.05) is 12.8 Å². The van der Waals surface area contributed by atoms with Crippen molar-refractivity contribution < 1.29 is 9.84 Å². The predicted octanol–water partition coefficient (Wildman–Crippen LogP) is 4.30. The molecule has 112 valence electrons. The van der Waals surface area contributed by atoms with Gasteiger partial charge in [0.15, 0.2) is 0 Å². The molecule has 0 aliphatic heterocycles. The predicted molar refractivity (Wildman–Crippen MR) is 83.2 cm³/mol. The molecule has 1 aliphatic carbocycles. The van der Waals surface area contributed by atoms with Crippen LogP contribution in [0.3, 0.4) is 0 Å². The van der Waals surface area contributed by atoms with E-state index in [9.17, 15) is 5.11 Å². The Labute approximate surface area is 123 Å². The van der Waals surface area contributed by atoms with Crippen LogP contribution in [0.5, 0.6) is 5.75 Å². The highest BCUT2D eigenvalue weighted by Crippen LogP contribution is 2.37. The molecule has 1 aromatic rings. The van der Waals surface area contributed by atoms with Gasteiger partial charge in [-0.15, -0.1) is 0 Å². The normalized spacial score (nSPS) is 23.3. The monoisotopic (exact) mass is 276 g/mol. The fourth-order valence-electron chi connectivity index (χ4n) is 3.24. The number of ether oxygens (including phenoxy) is 1. The van der Waals surface area contributed by atoms with Crippen LogP contribution in [0.4, 0.5) is 0 Å². The van der Waals surface area contributed by atoms with Crippen LogP contribution < -0.4 is 4.74 Å². The molecule has 0 heterocycles. The summed E-state index contributed by atoms with van der Waals surface area (Å²) in [6, 6.07) is 8.47. The molecular formula is C18H28O2. The molecule has 0 atom stereocenters. The summed E-state index contributed by atoms with van der Waals surface area (Å²) in [7, 11) is 0. The van der Waals surface area contributed by atoms with Crippen LogP contribution >= 0.6 is 0 Å². The Morgan fingerprint density at radius 1 is 1.05 bits per heavy atom. The van der Waals surface area contributed by atoms with E-state index in [4.69, 9.17) is 4.74 Å². The van der Waals surface area contributed by atoms with E-state index in [1.807, 2.05) is 0 Å². The Hall–Kier alpha value is -1.02. The van der Waals surface area contributed by atoms with Gasteiger partial charge in [-0.1, -0.05) is 46.8 Å². The first-order valence-electron chi connectivity index (χ1n) is 7.61. The van der Waals surface area contributed by atoms with Crippen LogP contribution in [0.2, 0.25) is 0 Å². The van der Waals surface area contributed by atoms with Gasteiger partial charge in [0.25, 0.3) is 0 Å². The third-order valence-electron chi connectivity index (χ3n) is 3.98. The molecule has 0 aromatic heterocycles. The average Bonchev–Trinajstić information content (AvgIpc) is 2.24. The fraction of sp³-hybridized carbons (Fsp3) is 0.667. The molecular weight excluding hydrogens is 248 g/mol. The van der Waals surface area contributed by atoms with E-state index in [1.165, 1.54) is 5.56 Å². The summed E-state index contributed by atoms with van der Waals surface area (Å²) >= 11 is 0. The smallest absolute Gasteiger partial charge is 0.119 e. The second kappa shape index (κ2) is 5.40. The third kappa shape index (κ3) is 3.99. The molecule has 20 heavy (non-hydrogen) atoms. The lowest BCUT2D eigenvalue weighted by Crippen LogP contribution is -2.37. The second-order valence-corrected chi connectivity index (χ2v) is 8.01. The third-order valence-corrected chi connectivity index (χ3v) is 3.98. The Bertz CT molecular complexity index is 433. The maximum atomic E-state index is 9.28. The van der Waals surface area contributed by atoms with Crippen molar-refractivity contribution in [3.63, 3.8) is 0 Å². The molecule has 0 amide bonds. The molecule has 0 unspecified atom stereocenters. The van der Waals surface area contributed by atoms with E-state index in [-0.39, 0.29) is 17.6 Å². The summed E-state index contributed by atoms with van der Waals surface area (Å²) < 4.78 is 5.83. The standard InChI is InChI=1S/C18H28O2/c1-17(2,3)12-18(4,5)13-6-8-15(9-7-13)20-16-10-14(19)11-16/h6-9,14,16,19H,10-12H2,1-5H3. The van der Waals surface area contributed by atoms with Crippen molar-refractivity contribution in [3.05, 3.63) is 29.8 Å². The summed E-state index contributed by atoms with van der Waals surface area (Å²) in [6.07, 6.45) is 2.70. The molecule has 1 fully saturated rings. The summed E-state index contributed by atoms with van der Waals surface area (Å²) in [6.45, 7) is 11.5. The van der Waals surface area contributed by atoms with Gasteiger partial charge in [-0.25, -0.2) is 0 Å². The van der Waals surface area contributed by atoms with Crippen molar-refractivity contribution in [3.8, 4) is 5.75 Å². The van der Waals surface area contributed by atoms with E-state index in [0.29, 0.717) is 5.41 Å². The minimum Gasteiger partial charge on any atom is -0.490 e. The maximum absolute atomic E-state index is 9.28. The SMILES string of the molecule is CC(C)(C)CC(C)(C)c1ccc(OC2CC(O)C2)cc1. The van der Waals surface area contributed by atoms with Gasteiger partial charge in [0.1, 0.15) is 11.9 Å². The van der Waals surface area contributed by atoms with Gasteiger partial charge >= 0.3 is 0 Å². The highest BCUT2D eigenvalue weighted by molar-refractivity contribution is 5.32. The van der Waals surface area contributed by atoms with E-state index in [0.717, 1.165) is 25.0 Å². The first-order chi connectivity index (χ1) is 9.16. The number of rotatable bonds is 4. The fourth-order valence-corrected chi connectivity index (χ4v) is 3.24. The van der Waals surface area contributed by atoms with Crippen LogP contribution in [0.1, 0.15) is 59.4 Å². The van der Waals surface area contributed by atoms with E-state index in [2.05, 4.69) is 58.9 Å². The number of benzene rings is 1. The zero-order valence-corrected chi connectivity index (χ0v) is 13.4. The van der Waals surface area contributed by atoms with Crippen molar-refractivity contribution in [2.24, 2.45) is 5.41 Å². The molecule has 2 nitrogen and oxygen atoms in total. The van der Waals surface area contributed by atoms with E-state index in [1.54, 1.807) is 0 Å². The maximum Gasteiger partial charge on any atom is 0.119 e. The van der Waals surface area contributed by atoms with Crippen molar-refractivity contribution in [2.75, 3.05) is 0 Å². The summed E-state index contributed by atoms with van der Waals surface area (Å²) in [4.78, 5) is 0. The topological polar surface area (TPSA) is 29.5 Å². The van der Waals surface area contributed by atoms with Crippen molar-refractivity contribution in [2.45, 2.75) is 71.5 Å². The van der Waals surface area contributed by atoms with Crippen molar-refractivity contribution in [1.29, 1.82) is 0 Å². The van der Waals surface area contributed by atoms with Gasteiger partial charge in [0.2, 0.25) is 0 Å². The number of hydrogen-bond donors (Lipinski definition) is 1. The second-order valence-electron chi connectivity index (χ2n) is 8.01. The highest BCUT2D eigenvalue weighted by Gasteiger charge is 2.29.